The van der Waals surface area contributed by atoms with Crippen molar-refractivity contribution in [3.8, 4) is 0 Å². The second-order valence-electron chi connectivity index (χ2n) is 6.93. The van der Waals surface area contributed by atoms with Gasteiger partial charge in [0.2, 0.25) is 5.91 Å². The van der Waals surface area contributed by atoms with Gasteiger partial charge in [0.25, 0.3) is 0 Å². The third kappa shape index (κ3) is 2.18. The van der Waals surface area contributed by atoms with Crippen molar-refractivity contribution >= 4 is 5.91 Å². The van der Waals surface area contributed by atoms with Gasteiger partial charge in [-0.05, 0) is 57.5 Å². The van der Waals surface area contributed by atoms with Crippen LogP contribution in [0.3, 0.4) is 0 Å². The quantitative estimate of drug-likeness (QED) is 0.905. The van der Waals surface area contributed by atoms with Crippen LogP contribution < -0.4 is 5.32 Å². The molecule has 5 heteroatoms. The van der Waals surface area contributed by atoms with Gasteiger partial charge in [0, 0.05) is 18.5 Å². The summed E-state index contributed by atoms with van der Waals surface area (Å²) in [6.07, 6.45) is 5.47. The Balaban J connectivity index is 1.49. The van der Waals surface area contributed by atoms with E-state index < -0.39 is 0 Å². The zero-order valence-electron chi connectivity index (χ0n) is 12.6. The molecule has 3 aliphatic rings. The van der Waals surface area contributed by atoms with Crippen molar-refractivity contribution in [3.63, 3.8) is 0 Å². The van der Waals surface area contributed by atoms with Crippen LogP contribution in [0.5, 0.6) is 0 Å². The number of aryl methyl sites for hydroxylation is 1. The van der Waals surface area contributed by atoms with Crippen molar-refractivity contribution in [2.24, 2.45) is 11.3 Å². The van der Waals surface area contributed by atoms with E-state index >= 15 is 0 Å². The average molecular weight is 289 g/mol. The summed E-state index contributed by atoms with van der Waals surface area (Å²) in [6, 6.07) is 2.08. The van der Waals surface area contributed by atoms with Crippen molar-refractivity contribution in [2.45, 2.75) is 45.1 Å². The molecule has 1 amide bonds. The molecule has 1 N–H and O–H groups in total. The van der Waals surface area contributed by atoms with Crippen molar-refractivity contribution in [3.05, 3.63) is 17.5 Å². The van der Waals surface area contributed by atoms with Gasteiger partial charge in [-0.25, -0.2) is 0 Å². The summed E-state index contributed by atoms with van der Waals surface area (Å²) < 4.78 is 5.41. The van der Waals surface area contributed by atoms with Gasteiger partial charge in [-0.1, -0.05) is 5.16 Å². The van der Waals surface area contributed by atoms with E-state index in [-0.39, 0.29) is 12.0 Å². The van der Waals surface area contributed by atoms with Crippen LogP contribution in [0.15, 0.2) is 10.6 Å². The minimum Gasteiger partial charge on any atom is -0.359 e. The predicted molar refractivity (Wildman–Crippen MR) is 77.6 cm³/mol. The number of amides is 1. The fourth-order valence-electron chi connectivity index (χ4n) is 4.24. The molecule has 1 saturated carbocycles. The molecule has 114 valence electrons. The maximum absolute atomic E-state index is 12.9. The standard InChI is InChI=1S/C16H23N3O2/c1-11-9-14(21-18-11)13-3-2-8-19(13)15(20)12-10-16(12)4-6-17-7-5-16/h9,12-13,17H,2-8,10H2,1H3. The van der Waals surface area contributed by atoms with E-state index in [1.807, 2.05) is 13.0 Å². The highest BCUT2D eigenvalue weighted by atomic mass is 16.5. The Hall–Kier alpha value is -1.36. The number of nitrogens with zero attached hydrogens (tertiary/aromatic N) is 2. The van der Waals surface area contributed by atoms with Crippen LogP contribution in [0.4, 0.5) is 0 Å². The molecule has 1 aromatic rings. The van der Waals surface area contributed by atoms with Gasteiger partial charge in [-0.2, -0.15) is 0 Å². The van der Waals surface area contributed by atoms with Crippen molar-refractivity contribution in [2.75, 3.05) is 19.6 Å². The largest absolute Gasteiger partial charge is 0.359 e. The Morgan fingerprint density at radius 3 is 3.00 bits per heavy atom. The van der Waals surface area contributed by atoms with Crippen LogP contribution in [0.25, 0.3) is 0 Å². The summed E-state index contributed by atoms with van der Waals surface area (Å²) in [4.78, 5) is 15.0. The number of hydrogen-bond donors (Lipinski definition) is 1. The van der Waals surface area contributed by atoms with Crippen molar-refractivity contribution < 1.29 is 9.32 Å². The van der Waals surface area contributed by atoms with Gasteiger partial charge in [-0.15, -0.1) is 0 Å². The molecule has 4 rings (SSSR count). The smallest absolute Gasteiger partial charge is 0.226 e. The molecule has 0 bridgehead atoms. The Kier molecular flexibility index (Phi) is 3.06. The van der Waals surface area contributed by atoms with Gasteiger partial charge in [0.05, 0.1) is 11.7 Å². The number of likely N-dealkylation sites (tertiary alicyclic amines) is 1. The lowest BCUT2D eigenvalue weighted by Crippen LogP contribution is -2.36. The topological polar surface area (TPSA) is 58.4 Å². The van der Waals surface area contributed by atoms with E-state index in [9.17, 15) is 4.79 Å². The van der Waals surface area contributed by atoms with Crippen LogP contribution in [0.2, 0.25) is 0 Å². The normalized spacial score (nSPS) is 30.8. The molecule has 1 aromatic heterocycles. The lowest BCUT2D eigenvalue weighted by atomic mass is 9.91. The Bertz CT molecular complexity index is 547. The molecule has 5 nitrogen and oxygen atoms in total. The highest BCUT2D eigenvalue weighted by Gasteiger charge is 2.59. The van der Waals surface area contributed by atoms with Crippen molar-refractivity contribution in [1.29, 1.82) is 0 Å². The first-order valence-corrected chi connectivity index (χ1v) is 8.14. The van der Waals surface area contributed by atoms with Crippen LogP contribution >= 0.6 is 0 Å². The van der Waals surface area contributed by atoms with Crippen LogP contribution in [-0.2, 0) is 4.79 Å². The van der Waals surface area contributed by atoms with Crippen LogP contribution in [0.1, 0.15) is 49.6 Å². The van der Waals surface area contributed by atoms with Crippen molar-refractivity contribution in [1.82, 2.24) is 15.4 Å². The summed E-state index contributed by atoms with van der Waals surface area (Å²) in [5, 5.41) is 7.38. The Morgan fingerprint density at radius 2 is 2.29 bits per heavy atom. The second kappa shape index (κ2) is 4.83. The fourth-order valence-corrected chi connectivity index (χ4v) is 4.24. The third-order valence-electron chi connectivity index (χ3n) is 5.60. The number of piperidine rings is 1. The summed E-state index contributed by atoms with van der Waals surface area (Å²) in [6.45, 7) is 4.93. The highest BCUT2D eigenvalue weighted by Crippen LogP contribution is 2.59. The Morgan fingerprint density at radius 1 is 1.48 bits per heavy atom. The first-order valence-electron chi connectivity index (χ1n) is 8.14. The number of carbonyl (C=O) groups excluding carboxylic acids is 1. The molecule has 2 unspecified atom stereocenters. The van der Waals surface area contributed by atoms with Gasteiger partial charge in [0.1, 0.15) is 0 Å². The van der Waals surface area contributed by atoms with Gasteiger partial charge in [-0.3, -0.25) is 4.79 Å². The summed E-state index contributed by atoms with van der Waals surface area (Å²) in [5.41, 5.74) is 1.21. The van der Waals surface area contributed by atoms with Gasteiger partial charge < -0.3 is 14.7 Å². The number of rotatable bonds is 2. The highest BCUT2D eigenvalue weighted by molar-refractivity contribution is 5.83. The number of aromatic nitrogens is 1. The molecule has 2 saturated heterocycles. The zero-order chi connectivity index (χ0) is 14.4. The monoisotopic (exact) mass is 289 g/mol. The SMILES string of the molecule is Cc1cc(C2CCCN2C(=O)C2CC23CCNCC3)on1. The maximum Gasteiger partial charge on any atom is 0.226 e. The molecule has 2 aliphatic heterocycles. The molecule has 2 atom stereocenters. The predicted octanol–water partition coefficient (Wildman–Crippen LogP) is 2.04. The van der Waals surface area contributed by atoms with E-state index in [2.05, 4.69) is 15.4 Å². The van der Waals surface area contributed by atoms with Crippen LogP contribution in [0, 0.1) is 18.3 Å². The first-order chi connectivity index (χ1) is 10.2. The third-order valence-corrected chi connectivity index (χ3v) is 5.60. The average Bonchev–Trinajstić information content (AvgIpc) is 2.87. The summed E-state index contributed by atoms with van der Waals surface area (Å²) in [7, 11) is 0. The van der Waals surface area contributed by atoms with Gasteiger partial charge >= 0.3 is 0 Å². The zero-order valence-corrected chi connectivity index (χ0v) is 12.6. The number of carbonyl (C=O) groups is 1. The molecule has 3 fully saturated rings. The summed E-state index contributed by atoms with van der Waals surface area (Å²) in [5.74, 6) is 1.47. The van der Waals surface area contributed by atoms with E-state index in [1.54, 1.807) is 0 Å². The van der Waals surface area contributed by atoms with E-state index in [1.165, 1.54) is 0 Å². The maximum atomic E-state index is 12.9. The summed E-state index contributed by atoms with van der Waals surface area (Å²) >= 11 is 0. The molecule has 1 aliphatic carbocycles. The number of hydrogen-bond acceptors (Lipinski definition) is 4. The first kappa shape index (κ1) is 13.3. The Labute approximate surface area is 125 Å². The molecule has 21 heavy (non-hydrogen) atoms. The molecular weight excluding hydrogens is 266 g/mol. The lowest BCUT2D eigenvalue weighted by molar-refractivity contribution is -0.135. The minimum atomic E-state index is 0.109. The van der Waals surface area contributed by atoms with E-state index in [0.717, 1.165) is 63.2 Å². The van der Waals surface area contributed by atoms with E-state index in [4.69, 9.17) is 4.52 Å². The molecule has 0 radical (unpaired) electrons. The molecule has 3 heterocycles. The minimum absolute atomic E-state index is 0.109. The van der Waals surface area contributed by atoms with Gasteiger partial charge in [0.15, 0.2) is 5.76 Å². The number of nitrogens with one attached hydrogen (secondary N) is 1. The fraction of sp³-hybridized carbons (Fsp3) is 0.750. The molecule has 0 aromatic carbocycles. The second-order valence-corrected chi connectivity index (χ2v) is 6.93. The molecular formula is C16H23N3O2. The lowest BCUT2D eigenvalue weighted by Gasteiger charge is -2.27. The van der Waals surface area contributed by atoms with E-state index in [0.29, 0.717) is 11.3 Å². The molecule has 1 spiro atoms. The van der Waals surface area contributed by atoms with Crippen LogP contribution in [-0.4, -0.2) is 35.6 Å².